The maximum Gasteiger partial charge on any atom is 0.271 e. The molecule has 3 aromatic rings. The van der Waals surface area contributed by atoms with Crippen LogP contribution in [0.4, 0.5) is 4.39 Å². The number of aromatic amines is 2. The van der Waals surface area contributed by atoms with Crippen LogP contribution in [0.3, 0.4) is 0 Å². The van der Waals surface area contributed by atoms with Gasteiger partial charge in [0.15, 0.2) is 5.82 Å². The van der Waals surface area contributed by atoms with E-state index in [0.29, 0.717) is 18.1 Å². The predicted molar refractivity (Wildman–Crippen MR) is 85.7 cm³/mol. The molecule has 6 heteroatoms. The van der Waals surface area contributed by atoms with Gasteiger partial charge < -0.3 is 15.3 Å². The van der Waals surface area contributed by atoms with E-state index in [1.165, 1.54) is 12.1 Å². The minimum atomic E-state index is -0.278. The van der Waals surface area contributed by atoms with Crippen LogP contribution in [0.15, 0.2) is 24.3 Å². The Morgan fingerprint density at radius 3 is 2.87 bits per heavy atom. The molecule has 23 heavy (non-hydrogen) atoms. The van der Waals surface area contributed by atoms with Crippen LogP contribution < -0.4 is 5.32 Å². The number of halogens is 1. The maximum absolute atomic E-state index is 13.3. The third-order valence-corrected chi connectivity index (χ3v) is 4.21. The third-order valence-electron chi connectivity index (χ3n) is 4.21. The van der Waals surface area contributed by atoms with Crippen molar-refractivity contribution in [2.75, 3.05) is 6.54 Å². The highest BCUT2D eigenvalue weighted by molar-refractivity contribution is 5.95. The fraction of sp³-hybridized carbons (Fsp3) is 0.294. The molecule has 0 aliphatic carbocycles. The van der Waals surface area contributed by atoms with Crippen LogP contribution in [0.25, 0.3) is 22.4 Å². The SMILES string of the molecule is CC1(C)CNC(=O)c2nc(-c3cc4cc(F)ccc4[nH]3)[nH]c2C1. The Balaban J connectivity index is 1.80. The number of hydrogen-bond acceptors (Lipinski definition) is 2. The molecule has 4 rings (SSSR count). The molecule has 0 unspecified atom stereocenters. The van der Waals surface area contributed by atoms with Gasteiger partial charge in [-0.2, -0.15) is 0 Å². The van der Waals surface area contributed by atoms with Crippen molar-refractivity contribution < 1.29 is 9.18 Å². The van der Waals surface area contributed by atoms with E-state index in [2.05, 4.69) is 34.1 Å². The molecule has 0 saturated carbocycles. The topological polar surface area (TPSA) is 73.6 Å². The van der Waals surface area contributed by atoms with Crippen molar-refractivity contribution >= 4 is 16.8 Å². The first-order chi connectivity index (χ1) is 10.9. The molecular formula is C17H17FN4O. The largest absolute Gasteiger partial charge is 0.352 e. The number of carbonyl (C=O) groups excluding carboxylic acids is 1. The summed E-state index contributed by atoms with van der Waals surface area (Å²) in [6, 6.07) is 6.41. The number of fused-ring (bicyclic) bond motifs is 2. The molecule has 0 bridgehead atoms. The zero-order valence-electron chi connectivity index (χ0n) is 13.0. The van der Waals surface area contributed by atoms with E-state index in [-0.39, 0.29) is 17.1 Å². The van der Waals surface area contributed by atoms with Gasteiger partial charge in [0.05, 0.1) is 5.69 Å². The number of imidazole rings is 1. The van der Waals surface area contributed by atoms with Crippen molar-refractivity contribution in [3.63, 3.8) is 0 Å². The molecule has 1 amide bonds. The van der Waals surface area contributed by atoms with Crippen molar-refractivity contribution in [1.82, 2.24) is 20.3 Å². The fourth-order valence-corrected chi connectivity index (χ4v) is 3.03. The van der Waals surface area contributed by atoms with Gasteiger partial charge in [-0.05, 0) is 36.1 Å². The number of amides is 1. The lowest BCUT2D eigenvalue weighted by atomic mass is 9.88. The Kier molecular flexibility index (Phi) is 2.85. The van der Waals surface area contributed by atoms with E-state index in [1.54, 1.807) is 6.07 Å². The monoisotopic (exact) mass is 312 g/mol. The summed E-state index contributed by atoms with van der Waals surface area (Å²) in [5.74, 6) is 0.161. The van der Waals surface area contributed by atoms with Crippen LogP contribution in [0, 0.1) is 11.2 Å². The van der Waals surface area contributed by atoms with E-state index in [9.17, 15) is 9.18 Å². The number of carbonyl (C=O) groups is 1. The highest BCUT2D eigenvalue weighted by Gasteiger charge is 2.30. The first kappa shape index (κ1) is 14.0. The van der Waals surface area contributed by atoms with Gasteiger partial charge in [-0.3, -0.25) is 4.79 Å². The molecule has 0 fully saturated rings. The van der Waals surface area contributed by atoms with Crippen molar-refractivity contribution in [3.8, 4) is 11.5 Å². The van der Waals surface area contributed by atoms with Crippen molar-refractivity contribution in [2.45, 2.75) is 20.3 Å². The maximum atomic E-state index is 13.3. The summed E-state index contributed by atoms with van der Waals surface area (Å²) in [6.45, 7) is 4.83. The minimum Gasteiger partial charge on any atom is -0.352 e. The number of benzene rings is 1. The normalized spacial score (nSPS) is 16.9. The molecule has 118 valence electrons. The highest BCUT2D eigenvalue weighted by atomic mass is 19.1. The van der Waals surface area contributed by atoms with Gasteiger partial charge in [-0.1, -0.05) is 13.8 Å². The van der Waals surface area contributed by atoms with E-state index < -0.39 is 0 Å². The van der Waals surface area contributed by atoms with Gasteiger partial charge in [-0.15, -0.1) is 0 Å². The second-order valence-electron chi connectivity index (χ2n) is 6.85. The number of aromatic nitrogens is 3. The second-order valence-corrected chi connectivity index (χ2v) is 6.85. The quantitative estimate of drug-likeness (QED) is 0.646. The van der Waals surface area contributed by atoms with Crippen LogP contribution in [0.2, 0.25) is 0 Å². The Labute approximate surface area is 132 Å². The molecular weight excluding hydrogens is 295 g/mol. The molecule has 3 heterocycles. The van der Waals surface area contributed by atoms with Crippen LogP contribution in [0.1, 0.15) is 30.0 Å². The van der Waals surface area contributed by atoms with E-state index in [1.807, 2.05) is 6.07 Å². The number of hydrogen-bond donors (Lipinski definition) is 3. The van der Waals surface area contributed by atoms with E-state index >= 15 is 0 Å². The summed E-state index contributed by atoms with van der Waals surface area (Å²) >= 11 is 0. The van der Waals surface area contributed by atoms with Gasteiger partial charge in [0.2, 0.25) is 0 Å². The van der Waals surface area contributed by atoms with E-state index in [0.717, 1.165) is 28.7 Å². The summed E-state index contributed by atoms with van der Waals surface area (Å²) in [6.07, 6.45) is 0.739. The molecule has 3 N–H and O–H groups in total. The molecule has 5 nitrogen and oxygen atoms in total. The predicted octanol–water partition coefficient (Wildman–Crippen LogP) is 3.01. The van der Waals surface area contributed by atoms with Crippen molar-refractivity contribution in [1.29, 1.82) is 0 Å². The molecule has 2 aromatic heterocycles. The van der Waals surface area contributed by atoms with Gasteiger partial charge >= 0.3 is 0 Å². The smallest absolute Gasteiger partial charge is 0.271 e. The average Bonchev–Trinajstić information content (AvgIpc) is 3.05. The molecule has 0 spiro atoms. The van der Waals surface area contributed by atoms with Crippen molar-refractivity contribution in [3.05, 3.63) is 41.5 Å². The number of nitrogens with one attached hydrogen (secondary N) is 3. The van der Waals surface area contributed by atoms with Crippen LogP contribution in [-0.4, -0.2) is 27.4 Å². The third kappa shape index (κ3) is 2.40. The molecule has 0 atom stereocenters. The summed E-state index contributed by atoms with van der Waals surface area (Å²) in [5.41, 5.74) is 2.82. The molecule has 0 saturated heterocycles. The Bertz CT molecular complexity index is 922. The Morgan fingerprint density at radius 1 is 1.22 bits per heavy atom. The summed E-state index contributed by atoms with van der Waals surface area (Å²) in [4.78, 5) is 23.1. The zero-order valence-corrected chi connectivity index (χ0v) is 13.0. The summed E-state index contributed by atoms with van der Waals surface area (Å²) < 4.78 is 13.3. The Hall–Kier alpha value is -2.63. The Morgan fingerprint density at radius 2 is 2.04 bits per heavy atom. The lowest BCUT2D eigenvalue weighted by Crippen LogP contribution is -2.32. The van der Waals surface area contributed by atoms with Crippen LogP contribution >= 0.6 is 0 Å². The number of H-pyrrole nitrogens is 2. The standard InChI is InChI=1S/C17H17FN4O/c1-17(2)7-13-14(16(23)19-8-17)22-15(21-13)12-6-9-5-10(18)3-4-11(9)20-12/h3-6,20H,7-8H2,1-2H3,(H,19,23)(H,21,22). The lowest BCUT2D eigenvalue weighted by Gasteiger charge is -2.21. The van der Waals surface area contributed by atoms with Gasteiger partial charge in [0, 0.05) is 23.1 Å². The lowest BCUT2D eigenvalue weighted by molar-refractivity contribution is 0.0940. The molecule has 1 aliphatic rings. The van der Waals surface area contributed by atoms with Gasteiger partial charge in [0.25, 0.3) is 5.91 Å². The zero-order chi connectivity index (χ0) is 16.2. The van der Waals surface area contributed by atoms with Crippen LogP contribution in [0.5, 0.6) is 0 Å². The summed E-state index contributed by atoms with van der Waals surface area (Å²) in [7, 11) is 0. The van der Waals surface area contributed by atoms with Crippen molar-refractivity contribution in [2.24, 2.45) is 5.41 Å². The minimum absolute atomic E-state index is 0.0334. The molecule has 0 radical (unpaired) electrons. The fourth-order valence-electron chi connectivity index (χ4n) is 3.03. The van der Waals surface area contributed by atoms with Crippen LogP contribution in [-0.2, 0) is 6.42 Å². The molecule has 1 aliphatic heterocycles. The van der Waals surface area contributed by atoms with Gasteiger partial charge in [-0.25, -0.2) is 9.37 Å². The highest BCUT2D eigenvalue weighted by Crippen LogP contribution is 2.28. The average molecular weight is 312 g/mol. The second kappa shape index (κ2) is 4.68. The van der Waals surface area contributed by atoms with E-state index in [4.69, 9.17) is 0 Å². The number of rotatable bonds is 1. The molecule has 1 aromatic carbocycles. The van der Waals surface area contributed by atoms with Gasteiger partial charge in [0.1, 0.15) is 11.5 Å². The first-order valence-electron chi connectivity index (χ1n) is 7.57. The first-order valence-corrected chi connectivity index (χ1v) is 7.57. The number of nitrogens with zero attached hydrogens (tertiary/aromatic N) is 1. The summed E-state index contributed by atoms with van der Waals surface area (Å²) in [5, 5.41) is 3.68.